The van der Waals surface area contributed by atoms with Crippen molar-refractivity contribution in [2.75, 3.05) is 6.54 Å². The SMILES string of the molecule is O=C1C=C(N2CC(C(=O)O)CC2=O)CCC1. The van der Waals surface area contributed by atoms with Crippen molar-refractivity contribution in [3.05, 3.63) is 11.8 Å². The Bertz CT molecular complexity index is 385. The van der Waals surface area contributed by atoms with E-state index in [1.54, 1.807) is 0 Å². The first-order valence-electron chi connectivity index (χ1n) is 5.34. The van der Waals surface area contributed by atoms with Crippen molar-refractivity contribution in [1.82, 2.24) is 4.90 Å². The molecular weight excluding hydrogens is 210 g/mol. The maximum atomic E-state index is 11.6. The standard InChI is InChI=1S/C11H13NO4/c13-9-3-1-2-8(5-9)12-6-7(11(15)16)4-10(12)14/h5,7H,1-4,6H2,(H,15,16). The number of allylic oxidation sites excluding steroid dienone is 2. The van der Waals surface area contributed by atoms with Gasteiger partial charge in [0.05, 0.1) is 5.92 Å². The number of likely N-dealkylation sites (tertiary alicyclic amines) is 1. The van der Waals surface area contributed by atoms with Gasteiger partial charge in [-0.2, -0.15) is 0 Å². The highest BCUT2D eigenvalue weighted by Crippen LogP contribution is 2.27. The van der Waals surface area contributed by atoms with Crippen LogP contribution in [-0.2, 0) is 14.4 Å². The Morgan fingerprint density at radius 1 is 1.38 bits per heavy atom. The van der Waals surface area contributed by atoms with Gasteiger partial charge in [-0.15, -0.1) is 0 Å². The molecule has 2 rings (SSSR count). The minimum absolute atomic E-state index is 0.0211. The third kappa shape index (κ3) is 1.98. The van der Waals surface area contributed by atoms with Gasteiger partial charge in [-0.1, -0.05) is 0 Å². The molecule has 5 heteroatoms. The van der Waals surface area contributed by atoms with E-state index in [1.165, 1.54) is 11.0 Å². The molecule has 86 valence electrons. The van der Waals surface area contributed by atoms with E-state index >= 15 is 0 Å². The number of carbonyl (C=O) groups is 3. The average molecular weight is 223 g/mol. The molecule has 0 bridgehead atoms. The lowest BCUT2D eigenvalue weighted by molar-refractivity contribution is -0.141. The topological polar surface area (TPSA) is 74.7 Å². The van der Waals surface area contributed by atoms with Crippen LogP contribution >= 0.6 is 0 Å². The van der Waals surface area contributed by atoms with Crippen LogP contribution in [0.1, 0.15) is 25.7 Å². The summed E-state index contributed by atoms with van der Waals surface area (Å²) in [6.45, 7) is 0.202. The molecule has 0 saturated carbocycles. The molecule has 1 fully saturated rings. The molecule has 2 aliphatic rings. The molecule has 1 unspecified atom stereocenters. The number of amides is 1. The minimum atomic E-state index is -0.946. The lowest BCUT2D eigenvalue weighted by Gasteiger charge is -2.22. The van der Waals surface area contributed by atoms with Crippen LogP contribution in [0.5, 0.6) is 0 Å². The Kier molecular flexibility index (Phi) is 2.77. The van der Waals surface area contributed by atoms with E-state index in [1.807, 2.05) is 0 Å². The molecule has 5 nitrogen and oxygen atoms in total. The van der Waals surface area contributed by atoms with E-state index in [-0.39, 0.29) is 24.7 Å². The maximum absolute atomic E-state index is 11.6. The normalized spacial score (nSPS) is 25.9. The summed E-state index contributed by atoms with van der Waals surface area (Å²) in [6.07, 6.45) is 3.47. The third-order valence-corrected chi connectivity index (χ3v) is 3.00. The molecule has 1 amide bonds. The number of ketones is 1. The summed E-state index contributed by atoms with van der Waals surface area (Å²) in [6, 6.07) is 0. The number of aliphatic carboxylic acids is 1. The van der Waals surface area contributed by atoms with Crippen LogP contribution < -0.4 is 0 Å². The molecule has 1 aliphatic carbocycles. The van der Waals surface area contributed by atoms with Gasteiger partial charge in [0.15, 0.2) is 5.78 Å². The van der Waals surface area contributed by atoms with E-state index in [0.717, 1.165) is 6.42 Å². The second kappa shape index (κ2) is 4.08. The molecule has 16 heavy (non-hydrogen) atoms. The zero-order valence-corrected chi connectivity index (χ0v) is 8.81. The number of carbonyl (C=O) groups excluding carboxylic acids is 2. The Labute approximate surface area is 92.7 Å². The average Bonchev–Trinajstić information content (AvgIpc) is 2.60. The second-order valence-electron chi connectivity index (χ2n) is 4.20. The summed E-state index contributed by atoms with van der Waals surface area (Å²) < 4.78 is 0. The van der Waals surface area contributed by atoms with Gasteiger partial charge in [-0.05, 0) is 12.8 Å². The van der Waals surface area contributed by atoms with E-state index in [9.17, 15) is 14.4 Å². The Morgan fingerprint density at radius 3 is 2.69 bits per heavy atom. The van der Waals surface area contributed by atoms with Crippen molar-refractivity contribution in [1.29, 1.82) is 0 Å². The first-order valence-corrected chi connectivity index (χ1v) is 5.34. The van der Waals surface area contributed by atoms with Crippen molar-refractivity contribution < 1.29 is 19.5 Å². The molecule has 0 spiro atoms. The van der Waals surface area contributed by atoms with Crippen molar-refractivity contribution in [2.24, 2.45) is 5.92 Å². The van der Waals surface area contributed by atoms with Crippen LogP contribution in [0.3, 0.4) is 0 Å². The van der Waals surface area contributed by atoms with Gasteiger partial charge in [-0.25, -0.2) is 0 Å². The third-order valence-electron chi connectivity index (χ3n) is 3.00. The minimum Gasteiger partial charge on any atom is -0.481 e. The molecule has 1 saturated heterocycles. The number of hydrogen-bond donors (Lipinski definition) is 1. The van der Waals surface area contributed by atoms with Crippen molar-refractivity contribution in [3.63, 3.8) is 0 Å². The highest BCUT2D eigenvalue weighted by Gasteiger charge is 2.36. The molecule has 1 atom stereocenters. The summed E-state index contributed by atoms with van der Waals surface area (Å²) in [5.41, 5.74) is 0.685. The number of rotatable bonds is 2. The Balaban J connectivity index is 2.13. The molecule has 1 N–H and O–H groups in total. The van der Waals surface area contributed by atoms with E-state index in [2.05, 4.69) is 0 Å². The van der Waals surface area contributed by atoms with Crippen molar-refractivity contribution >= 4 is 17.7 Å². The van der Waals surface area contributed by atoms with Crippen LogP contribution in [0.2, 0.25) is 0 Å². The first-order chi connectivity index (χ1) is 7.58. The van der Waals surface area contributed by atoms with Crippen molar-refractivity contribution in [3.8, 4) is 0 Å². The van der Waals surface area contributed by atoms with Crippen LogP contribution in [0.15, 0.2) is 11.8 Å². The second-order valence-corrected chi connectivity index (χ2v) is 4.20. The Morgan fingerprint density at radius 2 is 2.12 bits per heavy atom. The summed E-state index contributed by atoms with van der Waals surface area (Å²) in [5.74, 6) is -1.75. The predicted molar refractivity (Wildman–Crippen MR) is 54.4 cm³/mol. The van der Waals surface area contributed by atoms with Gasteiger partial charge in [-0.3, -0.25) is 14.4 Å². The molecule has 1 heterocycles. The fourth-order valence-corrected chi connectivity index (χ4v) is 2.14. The number of hydrogen-bond acceptors (Lipinski definition) is 3. The van der Waals surface area contributed by atoms with Crippen LogP contribution in [0, 0.1) is 5.92 Å². The lowest BCUT2D eigenvalue weighted by atomic mass is 10.0. The molecule has 0 aromatic rings. The Hall–Kier alpha value is -1.65. The van der Waals surface area contributed by atoms with E-state index in [4.69, 9.17) is 5.11 Å². The highest BCUT2D eigenvalue weighted by molar-refractivity contribution is 5.93. The smallest absolute Gasteiger partial charge is 0.308 e. The van der Waals surface area contributed by atoms with Crippen LogP contribution in [0.4, 0.5) is 0 Å². The van der Waals surface area contributed by atoms with Gasteiger partial charge < -0.3 is 10.0 Å². The summed E-state index contributed by atoms with van der Waals surface area (Å²) in [5, 5.41) is 8.83. The first kappa shape index (κ1) is 10.9. The largest absolute Gasteiger partial charge is 0.481 e. The van der Waals surface area contributed by atoms with Gasteiger partial charge in [0.25, 0.3) is 0 Å². The number of carboxylic acid groups (broad SMARTS) is 1. The number of nitrogens with zero attached hydrogens (tertiary/aromatic N) is 1. The fraction of sp³-hybridized carbons (Fsp3) is 0.545. The van der Waals surface area contributed by atoms with E-state index < -0.39 is 11.9 Å². The van der Waals surface area contributed by atoms with Gasteiger partial charge >= 0.3 is 5.97 Å². The molecular formula is C11H13NO4. The quantitative estimate of drug-likeness (QED) is 0.742. The van der Waals surface area contributed by atoms with Crippen LogP contribution in [0.25, 0.3) is 0 Å². The summed E-state index contributed by atoms with van der Waals surface area (Å²) >= 11 is 0. The predicted octanol–water partition coefficient (Wildman–Crippen LogP) is 0.556. The maximum Gasteiger partial charge on any atom is 0.308 e. The van der Waals surface area contributed by atoms with E-state index in [0.29, 0.717) is 18.5 Å². The summed E-state index contributed by atoms with van der Waals surface area (Å²) in [4.78, 5) is 35.1. The zero-order valence-electron chi connectivity index (χ0n) is 8.81. The van der Waals surface area contributed by atoms with Gasteiger partial charge in [0, 0.05) is 31.2 Å². The lowest BCUT2D eigenvalue weighted by Crippen LogP contribution is -2.27. The van der Waals surface area contributed by atoms with Crippen LogP contribution in [-0.4, -0.2) is 34.2 Å². The highest BCUT2D eigenvalue weighted by atomic mass is 16.4. The fourth-order valence-electron chi connectivity index (χ4n) is 2.14. The summed E-state index contributed by atoms with van der Waals surface area (Å²) in [7, 11) is 0. The van der Waals surface area contributed by atoms with Gasteiger partial charge in [0.1, 0.15) is 0 Å². The van der Waals surface area contributed by atoms with Crippen molar-refractivity contribution in [2.45, 2.75) is 25.7 Å². The number of carboxylic acids is 1. The molecule has 0 radical (unpaired) electrons. The molecule has 0 aromatic heterocycles. The molecule has 0 aromatic carbocycles. The zero-order chi connectivity index (χ0) is 11.7. The molecule has 1 aliphatic heterocycles. The van der Waals surface area contributed by atoms with Gasteiger partial charge in [0.2, 0.25) is 5.91 Å². The monoisotopic (exact) mass is 223 g/mol.